The largest absolute Gasteiger partial charge is 0.471 e. The van der Waals surface area contributed by atoms with Gasteiger partial charge in [-0.1, -0.05) is 0 Å². The van der Waals surface area contributed by atoms with Crippen molar-refractivity contribution in [1.82, 2.24) is 10.2 Å². The van der Waals surface area contributed by atoms with Gasteiger partial charge in [-0.25, -0.2) is 0 Å². The fourth-order valence-electron chi connectivity index (χ4n) is 1.75. The van der Waals surface area contributed by atoms with Gasteiger partial charge in [0.05, 0.1) is 6.10 Å². The molecular weight excluding hydrogens is 237 g/mol. The number of hydrogen-bond donors (Lipinski definition) is 2. The number of halogens is 3. The topological polar surface area (TPSA) is 52.6 Å². The van der Waals surface area contributed by atoms with Crippen LogP contribution in [0.5, 0.6) is 0 Å². The Morgan fingerprint density at radius 1 is 1.35 bits per heavy atom. The highest BCUT2D eigenvalue weighted by atomic mass is 19.4. The molecular formula is C10H17F3N2O2. The molecule has 0 aliphatic carbocycles. The molecule has 0 saturated carbocycles. The molecule has 4 nitrogen and oxygen atoms in total. The molecule has 0 radical (unpaired) electrons. The van der Waals surface area contributed by atoms with Gasteiger partial charge in [0.1, 0.15) is 0 Å². The molecule has 0 aromatic heterocycles. The van der Waals surface area contributed by atoms with E-state index in [0.29, 0.717) is 25.8 Å². The number of amides is 1. The lowest BCUT2D eigenvalue weighted by Gasteiger charge is -2.29. The van der Waals surface area contributed by atoms with Crippen molar-refractivity contribution in [3.8, 4) is 0 Å². The summed E-state index contributed by atoms with van der Waals surface area (Å²) >= 11 is 0. The summed E-state index contributed by atoms with van der Waals surface area (Å²) in [4.78, 5) is 12.6. The van der Waals surface area contributed by atoms with Crippen LogP contribution < -0.4 is 5.32 Å². The lowest BCUT2D eigenvalue weighted by molar-refractivity contribution is -0.173. The van der Waals surface area contributed by atoms with E-state index < -0.39 is 12.1 Å². The minimum Gasteiger partial charge on any atom is -0.393 e. The van der Waals surface area contributed by atoms with Crippen LogP contribution in [0.1, 0.15) is 19.3 Å². The molecule has 1 aliphatic heterocycles. The second-order valence-corrected chi connectivity index (χ2v) is 4.18. The zero-order valence-electron chi connectivity index (χ0n) is 9.46. The van der Waals surface area contributed by atoms with Crippen LogP contribution in [0.15, 0.2) is 0 Å². The first-order valence-corrected chi connectivity index (χ1v) is 5.65. The number of alkyl halides is 3. The highest BCUT2D eigenvalue weighted by Crippen LogP contribution is 2.14. The van der Waals surface area contributed by atoms with Gasteiger partial charge < -0.3 is 15.3 Å². The number of aliphatic hydroxyl groups excluding tert-OH is 1. The van der Waals surface area contributed by atoms with Crippen LogP contribution in [0, 0.1) is 0 Å². The Bertz CT molecular complexity index is 250. The van der Waals surface area contributed by atoms with Gasteiger partial charge in [-0.05, 0) is 25.8 Å². The van der Waals surface area contributed by atoms with E-state index in [1.165, 1.54) is 0 Å². The van der Waals surface area contributed by atoms with Gasteiger partial charge in [0, 0.05) is 19.6 Å². The number of piperidine rings is 1. The maximum absolute atomic E-state index is 11.8. The normalized spacial score (nSPS) is 19.3. The Labute approximate surface area is 97.8 Å². The molecule has 100 valence electrons. The van der Waals surface area contributed by atoms with Crippen molar-refractivity contribution in [1.29, 1.82) is 0 Å². The molecule has 0 aromatic carbocycles. The van der Waals surface area contributed by atoms with Crippen molar-refractivity contribution in [2.45, 2.75) is 31.5 Å². The average molecular weight is 254 g/mol. The quantitative estimate of drug-likeness (QED) is 0.719. The number of carbonyl (C=O) groups is 1. The number of likely N-dealkylation sites (tertiary alicyclic amines) is 1. The summed E-state index contributed by atoms with van der Waals surface area (Å²) in [6.07, 6.45) is -3.16. The van der Waals surface area contributed by atoms with Crippen molar-refractivity contribution >= 4 is 5.91 Å². The molecule has 1 amide bonds. The minimum atomic E-state index is -4.80. The Morgan fingerprint density at radius 2 is 1.94 bits per heavy atom. The fourth-order valence-corrected chi connectivity index (χ4v) is 1.75. The molecule has 0 atom stereocenters. The van der Waals surface area contributed by atoms with E-state index in [1.54, 1.807) is 0 Å². The summed E-state index contributed by atoms with van der Waals surface area (Å²) in [6, 6.07) is 0. The summed E-state index contributed by atoms with van der Waals surface area (Å²) in [5.74, 6) is -1.88. The Hall–Kier alpha value is -0.820. The van der Waals surface area contributed by atoms with Crippen LogP contribution in [0.25, 0.3) is 0 Å². The second-order valence-electron chi connectivity index (χ2n) is 4.18. The fraction of sp³-hybridized carbons (Fsp3) is 0.900. The van der Waals surface area contributed by atoms with E-state index >= 15 is 0 Å². The first-order chi connectivity index (χ1) is 7.89. The molecule has 1 heterocycles. The Morgan fingerprint density at radius 3 is 2.47 bits per heavy atom. The molecule has 0 bridgehead atoms. The molecule has 7 heteroatoms. The minimum absolute atomic E-state index is 0.0252. The molecule has 1 fully saturated rings. The lowest BCUT2D eigenvalue weighted by atomic mass is 10.1. The average Bonchev–Trinajstić information content (AvgIpc) is 2.25. The zero-order valence-corrected chi connectivity index (χ0v) is 9.46. The standard InChI is InChI=1S/C10H17F3N2O2/c11-10(12,13)9(17)14-4-1-5-15-6-2-8(16)3-7-15/h8,16H,1-7H2,(H,14,17). The summed E-state index contributed by atoms with van der Waals surface area (Å²) in [7, 11) is 0. The van der Waals surface area contributed by atoms with E-state index in [9.17, 15) is 23.1 Å². The summed E-state index contributed by atoms with van der Waals surface area (Å²) < 4.78 is 35.5. The van der Waals surface area contributed by atoms with Gasteiger partial charge >= 0.3 is 12.1 Å². The molecule has 1 rings (SSSR count). The van der Waals surface area contributed by atoms with Crippen LogP contribution in [-0.4, -0.2) is 54.4 Å². The van der Waals surface area contributed by atoms with Crippen molar-refractivity contribution in [2.24, 2.45) is 0 Å². The highest BCUT2D eigenvalue weighted by Gasteiger charge is 2.38. The van der Waals surface area contributed by atoms with Gasteiger partial charge in [-0.15, -0.1) is 0 Å². The van der Waals surface area contributed by atoms with Crippen LogP contribution in [0.3, 0.4) is 0 Å². The Balaban J connectivity index is 2.07. The summed E-state index contributed by atoms with van der Waals surface area (Å²) in [5, 5.41) is 11.1. The number of nitrogens with one attached hydrogen (secondary N) is 1. The third kappa shape index (κ3) is 5.36. The van der Waals surface area contributed by atoms with E-state index in [4.69, 9.17) is 0 Å². The third-order valence-electron chi connectivity index (χ3n) is 2.75. The summed E-state index contributed by atoms with van der Waals surface area (Å²) in [6.45, 7) is 2.19. The van der Waals surface area contributed by atoms with E-state index in [2.05, 4.69) is 4.90 Å². The van der Waals surface area contributed by atoms with Crippen LogP contribution in [0.4, 0.5) is 13.2 Å². The second kappa shape index (κ2) is 6.20. The third-order valence-corrected chi connectivity index (χ3v) is 2.75. The molecule has 1 saturated heterocycles. The van der Waals surface area contributed by atoms with Crippen LogP contribution in [-0.2, 0) is 4.79 Å². The predicted octanol–water partition coefficient (Wildman–Crippen LogP) is 0.512. The van der Waals surface area contributed by atoms with Gasteiger partial charge in [0.25, 0.3) is 0 Å². The summed E-state index contributed by atoms with van der Waals surface area (Å²) in [5.41, 5.74) is 0. The Kier molecular flexibility index (Phi) is 5.20. The van der Waals surface area contributed by atoms with Crippen LogP contribution in [0.2, 0.25) is 0 Å². The highest BCUT2D eigenvalue weighted by molar-refractivity contribution is 5.81. The van der Waals surface area contributed by atoms with Crippen molar-refractivity contribution in [3.05, 3.63) is 0 Å². The monoisotopic (exact) mass is 254 g/mol. The molecule has 2 N–H and O–H groups in total. The lowest BCUT2D eigenvalue weighted by Crippen LogP contribution is -2.40. The van der Waals surface area contributed by atoms with Crippen molar-refractivity contribution in [3.63, 3.8) is 0 Å². The zero-order chi connectivity index (χ0) is 12.9. The smallest absolute Gasteiger partial charge is 0.393 e. The van der Waals surface area contributed by atoms with Gasteiger partial charge in [-0.2, -0.15) is 13.2 Å². The van der Waals surface area contributed by atoms with Gasteiger partial charge in [0.2, 0.25) is 0 Å². The maximum Gasteiger partial charge on any atom is 0.471 e. The molecule has 1 aliphatic rings. The number of aliphatic hydroxyl groups is 1. The van der Waals surface area contributed by atoms with Gasteiger partial charge in [-0.3, -0.25) is 4.79 Å². The first kappa shape index (κ1) is 14.2. The predicted molar refractivity (Wildman–Crippen MR) is 55.4 cm³/mol. The van der Waals surface area contributed by atoms with Gasteiger partial charge in [0.15, 0.2) is 0 Å². The molecule has 0 unspecified atom stereocenters. The van der Waals surface area contributed by atoms with E-state index in [1.807, 2.05) is 5.32 Å². The van der Waals surface area contributed by atoms with Crippen LogP contribution >= 0.6 is 0 Å². The molecule has 17 heavy (non-hydrogen) atoms. The molecule has 0 aromatic rings. The molecule has 0 spiro atoms. The van der Waals surface area contributed by atoms with E-state index in [-0.39, 0.29) is 12.6 Å². The number of nitrogens with zero attached hydrogens (tertiary/aromatic N) is 1. The first-order valence-electron chi connectivity index (χ1n) is 5.65. The number of hydrogen-bond acceptors (Lipinski definition) is 3. The number of rotatable bonds is 4. The SMILES string of the molecule is O=C(NCCCN1CCC(O)CC1)C(F)(F)F. The van der Waals surface area contributed by atoms with Crippen molar-refractivity contribution in [2.75, 3.05) is 26.2 Å². The maximum atomic E-state index is 11.8. The van der Waals surface area contributed by atoms with Crippen molar-refractivity contribution < 1.29 is 23.1 Å². The van der Waals surface area contributed by atoms with E-state index in [0.717, 1.165) is 13.1 Å². The number of carbonyl (C=O) groups excluding carboxylic acids is 1.